The third-order valence-electron chi connectivity index (χ3n) is 2.61. The molecule has 84 valence electrons. The highest BCUT2D eigenvalue weighted by Gasteiger charge is 2.19. The number of aliphatic hydroxyl groups is 1. The summed E-state index contributed by atoms with van der Waals surface area (Å²) in [5.74, 6) is 0. The van der Waals surface area contributed by atoms with Crippen molar-refractivity contribution in [3.05, 3.63) is 12.7 Å². The number of hydrogen-bond acceptors (Lipinski definition) is 1. The topological polar surface area (TPSA) is 20.2 Å². The maximum atomic E-state index is 9.32. The second-order valence-electron chi connectivity index (χ2n) is 5.11. The molecule has 1 heteroatoms. The standard InChI is InChI=1S/C13H26O/c1-5-6-7-8-9-10-13(3,4)11-12(2)14/h5,12,14H,1,6-11H2,2-4H3. The first-order valence-electron chi connectivity index (χ1n) is 5.77. The van der Waals surface area contributed by atoms with Crippen LogP contribution in [-0.4, -0.2) is 11.2 Å². The molecular formula is C13H26O. The predicted octanol–water partition coefficient (Wildman–Crippen LogP) is 3.92. The summed E-state index contributed by atoms with van der Waals surface area (Å²) in [6.45, 7) is 10.1. The van der Waals surface area contributed by atoms with Crippen molar-refractivity contribution in [3.63, 3.8) is 0 Å². The number of unbranched alkanes of at least 4 members (excludes halogenated alkanes) is 3. The molecule has 1 nitrogen and oxygen atoms in total. The Hall–Kier alpha value is -0.300. The average Bonchev–Trinajstić information content (AvgIpc) is 2.01. The molecule has 0 aromatic carbocycles. The molecule has 1 N–H and O–H groups in total. The van der Waals surface area contributed by atoms with Crippen LogP contribution in [0.15, 0.2) is 12.7 Å². The van der Waals surface area contributed by atoms with E-state index in [4.69, 9.17) is 0 Å². The zero-order valence-electron chi connectivity index (χ0n) is 10.1. The highest BCUT2D eigenvalue weighted by Crippen LogP contribution is 2.29. The van der Waals surface area contributed by atoms with Gasteiger partial charge < -0.3 is 5.11 Å². The molecule has 0 saturated carbocycles. The lowest BCUT2D eigenvalue weighted by molar-refractivity contribution is 0.123. The number of rotatable bonds is 8. The van der Waals surface area contributed by atoms with Crippen molar-refractivity contribution in [2.24, 2.45) is 5.41 Å². The Kier molecular flexibility index (Phi) is 6.90. The van der Waals surface area contributed by atoms with Crippen molar-refractivity contribution in [2.75, 3.05) is 0 Å². The first-order valence-corrected chi connectivity index (χ1v) is 5.77. The zero-order chi connectivity index (χ0) is 11.0. The molecule has 0 fully saturated rings. The Morgan fingerprint density at radius 3 is 2.43 bits per heavy atom. The highest BCUT2D eigenvalue weighted by molar-refractivity contribution is 4.72. The van der Waals surface area contributed by atoms with E-state index in [0.717, 1.165) is 12.8 Å². The zero-order valence-corrected chi connectivity index (χ0v) is 10.1. The summed E-state index contributed by atoms with van der Waals surface area (Å²) in [6.07, 6.45) is 8.90. The molecule has 1 atom stereocenters. The average molecular weight is 198 g/mol. The SMILES string of the molecule is C=CCCCCCC(C)(C)CC(C)O. The normalized spacial score (nSPS) is 14.0. The van der Waals surface area contributed by atoms with Gasteiger partial charge in [-0.2, -0.15) is 0 Å². The van der Waals surface area contributed by atoms with Crippen LogP contribution < -0.4 is 0 Å². The van der Waals surface area contributed by atoms with E-state index in [2.05, 4.69) is 20.4 Å². The number of aliphatic hydroxyl groups excluding tert-OH is 1. The van der Waals surface area contributed by atoms with Crippen molar-refractivity contribution in [3.8, 4) is 0 Å². The molecule has 0 aromatic heterocycles. The van der Waals surface area contributed by atoms with Gasteiger partial charge >= 0.3 is 0 Å². The molecule has 0 aliphatic carbocycles. The van der Waals surface area contributed by atoms with Crippen LogP contribution in [0.2, 0.25) is 0 Å². The van der Waals surface area contributed by atoms with Crippen LogP contribution in [0.3, 0.4) is 0 Å². The first-order chi connectivity index (χ1) is 6.48. The molecule has 0 saturated heterocycles. The van der Waals surface area contributed by atoms with Gasteiger partial charge in [0, 0.05) is 0 Å². The monoisotopic (exact) mass is 198 g/mol. The first kappa shape index (κ1) is 13.7. The van der Waals surface area contributed by atoms with Crippen molar-refractivity contribution >= 4 is 0 Å². The van der Waals surface area contributed by atoms with Crippen molar-refractivity contribution in [1.82, 2.24) is 0 Å². The molecule has 0 spiro atoms. The van der Waals surface area contributed by atoms with Gasteiger partial charge in [0.2, 0.25) is 0 Å². The molecule has 0 heterocycles. The van der Waals surface area contributed by atoms with E-state index in [1.807, 2.05) is 13.0 Å². The fourth-order valence-corrected chi connectivity index (χ4v) is 1.97. The lowest BCUT2D eigenvalue weighted by Gasteiger charge is -2.25. The van der Waals surface area contributed by atoms with Crippen LogP contribution in [0.1, 0.15) is 59.3 Å². The maximum Gasteiger partial charge on any atom is 0.0517 e. The van der Waals surface area contributed by atoms with Crippen LogP contribution in [0.5, 0.6) is 0 Å². The largest absolute Gasteiger partial charge is 0.393 e. The van der Waals surface area contributed by atoms with E-state index < -0.39 is 0 Å². The maximum absolute atomic E-state index is 9.32. The van der Waals surface area contributed by atoms with Crippen molar-refractivity contribution < 1.29 is 5.11 Å². The summed E-state index contributed by atoms with van der Waals surface area (Å²) < 4.78 is 0. The second-order valence-corrected chi connectivity index (χ2v) is 5.11. The Bertz CT molecular complexity index is 147. The Labute approximate surface area is 89.2 Å². The molecule has 0 radical (unpaired) electrons. The molecule has 0 aliphatic rings. The van der Waals surface area contributed by atoms with E-state index >= 15 is 0 Å². The number of hydrogen-bond donors (Lipinski definition) is 1. The van der Waals surface area contributed by atoms with Gasteiger partial charge in [0.25, 0.3) is 0 Å². The molecule has 0 bridgehead atoms. The summed E-state index contributed by atoms with van der Waals surface area (Å²) in [6, 6.07) is 0. The van der Waals surface area contributed by atoms with E-state index in [1.54, 1.807) is 0 Å². The van der Waals surface area contributed by atoms with Gasteiger partial charge in [0.05, 0.1) is 6.10 Å². The van der Waals surface area contributed by atoms with E-state index in [-0.39, 0.29) is 6.10 Å². The lowest BCUT2D eigenvalue weighted by atomic mass is 9.82. The Balaban J connectivity index is 3.49. The smallest absolute Gasteiger partial charge is 0.0517 e. The molecule has 0 amide bonds. The van der Waals surface area contributed by atoms with Crippen LogP contribution in [0.4, 0.5) is 0 Å². The summed E-state index contributed by atoms with van der Waals surface area (Å²) in [5.41, 5.74) is 0.294. The predicted molar refractivity (Wildman–Crippen MR) is 63.4 cm³/mol. The van der Waals surface area contributed by atoms with Gasteiger partial charge in [-0.25, -0.2) is 0 Å². The summed E-state index contributed by atoms with van der Waals surface area (Å²) in [7, 11) is 0. The minimum atomic E-state index is -0.168. The summed E-state index contributed by atoms with van der Waals surface area (Å²) in [4.78, 5) is 0. The minimum Gasteiger partial charge on any atom is -0.393 e. The molecular weight excluding hydrogens is 172 g/mol. The molecule has 14 heavy (non-hydrogen) atoms. The van der Waals surface area contributed by atoms with Gasteiger partial charge in [0.15, 0.2) is 0 Å². The van der Waals surface area contributed by atoms with E-state index in [9.17, 15) is 5.11 Å². The van der Waals surface area contributed by atoms with Gasteiger partial charge in [-0.05, 0) is 38.0 Å². The third-order valence-corrected chi connectivity index (χ3v) is 2.61. The molecule has 0 aliphatic heterocycles. The number of allylic oxidation sites excluding steroid dienone is 1. The van der Waals surface area contributed by atoms with Gasteiger partial charge in [0.1, 0.15) is 0 Å². The van der Waals surface area contributed by atoms with Crippen LogP contribution >= 0.6 is 0 Å². The third kappa shape index (κ3) is 8.31. The van der Waals surface area contributed by atoms with Crippen molar-refractivity contribution in [1.29, 1.82) is 0 Å². The summed E-state index contributed by atoms with van der Waals surface area (Å²) in [5, 5.41) is 9.32. The second kappa shape index (κ2) is 7.05. The van der Waals surface area contributed by atoms with Gasteiger partial charge in [-0.15, -0.1) is 6.58 Å². The van der Waals surface area contributed by atoms with Crippen LogP contribution in [0, 0.1) is 5.41 Å². The molecule has 0 rings (SSSR count). The molecule has 0 aromatic rings. The Morgan fingerprint density at radius 1 is 1.29 bits per heavy atom. The van der Waals surface area contributed by atoms with Crippen LogP contribution in [0.25, 0.3) is 0 Å². The fraction of sp³-hybridized carbons (Fsp3) is 0.846. The lowest BCUT2D eigenvalue weighted by Crippen LogP contribution is -2.18. The quantitative estimate of drug-likeness (QED) is 0.463. The fourth-order valence-electron chi connectivity index (χ4n) is 1.97. The van der Waals surface area contributed by atoms with Gasteiger partial charge in [-0.1, -0.05) is 32.8 Å². The van der Waals surface area contributed by atoms with E-state index in [0.29, 0.717) is 5.41 Å². The Morgan fingerprint density at radius 2 is 1.93 bits per heavy atom. The van der Waals surface area contributed by atoms with Crippen LogP contribution in [-0.2, 0) is 0 Å². The minimum absolute atomic E-state index is 0.168. The summed E-state index contributed by atoms with van der Waals surface area (Å²) >= 11 is 0. The molecule has 1 unspecified atom stereocenters. The van der Waals surface area contributed by atoms with Gasteiger partial charge in [-0.3, -0.25) is 0 Å². The highest BCUT2D eigenvalue weighted by atomic mass is 16.3. The van der Waals surface area contributed by atoms with E-state index in [1.165, 1.54) is 25.7 Å². The van der Waals surface area contributed by atoms with Crippen molar-refractivity contribution in [2.45, 2.75) is 65.4 Å².